The summed E-state index contributed by atoms with van der Waals surface area (Å²) in [5, 5.41) is 9.68. The SMILES string of the molecule is CC(C)CNC(=O)C(C)NCCc1ncon1. The standard InChI is InChI=1S/C11H20N4O2/c1-8(2)6-13-11(16)9(3)12-5-4-10-14-7-17-15-10/h7-9,12H,4-6H2,1-3H3,(H,13,16). The van der Waals surface area contributed by atoms with E-state index in [1.54, 1.807) is 0 Å². The van der Waals surface area contributed by atoms with Gasteiger partial charge in [-0.2, -0.15) is 4.98 Å². The third-order valence-corrected chi connectivity index (χ3v) is 2.28. The largest absolute Gasteiger partial charge is 0.354 e. The van der Waals surface area contributed by atoms with Crippen LogP contribution in [0.2, 0.25) is 0 Å². The van der Waals surface area contributed by atoms with Gasteiger partial charge in [-0.3, -0.25) is 4.79 Å². The summed E-state index contributed by atoms with van der Waals surface area (Å²) in [6.07, 6.45) is 1.95. The molecule has 1 atom stereocenters. The van der Waals surface area contributed by atoms with E-state index in [0.29, 0.717) is 31.3 Å². The molecule has 1 rings (SSSR count). The molecule has 1 aromatic heterocycles. The van der Waals surface area contributed by atoms with Gasteiger partial charge in [-0.1, -0.05) is 19.0 Å². The monoisotopic (exact) mass is 240 g/mol. The van der Waals surface area contributed by atoms with E-state index in [-0.39, 0.29) is 11.9 Å². The number of rotatable bonds is 7. The van der Waals surface area contributed by atoms with Gasteiger partial charge in [-0.25, -0.2) is 0 Å². The Morgan fingerprint density at radius 2 is 2.24 bits per heavy atom. The van der Waals surface area contributed by atoms with Gasteiger partial charge in [0.25, 0.3) is 0 Å². The van der Waals surface area contributed by atoms with Crippen molar-refractivity contribution in [3.63, 3.8) is 0 Å². The van der Waals surface area contributed by atoms with Crippen molar-refractivity contribution >= 4 is 5.91 Å². The van der Waals surface area contributed by atoms with Crippen molar-refractivity contribution in [1.82, 2.24) is 20.8 Å². The number of hydrogen-bond acceptors (Lipinski definition) is 5. The van der Waals surface area contributed by atoms with Crippen LogP contribution in [-0.2, 0) is 11.2 Å². The molecule has 0 radical (unpaired) electrons. The van der Waals surface area contributed by atoms with Crippen LogP contribution < -0.4 is 10.6 Å². The lowest BCUT2D eigenvalue weighted by Crippen LogP contribution is -2.43. The zero-order chi connectivity index (χ0) is 12.7. The molecule has 2 N–H and O–H groups in total. The normalized spacial score (nSPS) is 12.7. The molecule has 6 nitrogen and oxygen atoms in total. The molecule has 0 bridgehead atoms. The summed E-state index contributed by atoms with van der Waals surface area (Å²) in [6, 6.07) is -0.208. The molecule has 0 spiro atoms. The molecule has 0 saturated carbocycles. The van der Waals surface area contributed by atoms with Crippen molar-refractivity contribution in [3.05, 3.63) is 12.2 Å². The minimum atomic E-state index is -0.208. The van der Waals surface area contributed by atoms with Gasteiger partial charge in [0.05, 0.1) is 6.04 Å². The van der Waals surface area contributed by atoms with Crippen LogP contribution in [0.4, 0.5) is 0 Å². The summed E-state index contributed by atoms with van der Waals surface area (Å²) in [7, 11) is 0. The predicted molar refractivity (Wildman–Crippen MR) is 63.3 cm³/mol. The number of carbonyl (C=O) groups excluding carboxylic acids is 1. The summed E-state index contributed by atoms with van der Waals surface area (Å²) in [6.45, 7) is 7.32. The predicted octanol–water partition coefficient (Wildman–Crippen LogP) is 0.362. The molecule has 0 aliphatic carbocycles. The number of aromatic nitrogens is 2. The highest BCUT2D eigenvalue weighted by Crippen LogP contribution is 1.91. The van der Waals surface area contributed by atoms with Gasteiger partial charge in [0, 0.05) is 19.5 Å². The van der Waals surface area contributed by atoms with E-state index in [4.69, 9.17) is 0 Å². The average molecular weight is 240 g/mol. The van der Waals surface area contributed by atoms with Gasteiger partial charge in [-0.15, -0.1) is 0 Å². The van der Waals surface area contributed by atoms with Gasteiger partial charge in [0.15, 0.2) is 5.82 Å². The highest BCUT2D eigenvalue weighted by atomic mass is 16.5. The van der Waals surface area contributed by atoms with Crippen molar-refractivity contribution < 1.29 is 9.32 Å². The molecule has 1 heterocycles. The average Bonchev–Trinajstić information content (AvgIpc) is 2.78. The molecule has 6 heteroatoms. The molecule has 1 unspecified atom stereocenters. The summed E-state index contributed by atoms with van der Waals surface area (Å²) in [4.78, 5) is 15.5. The summed E-state index contributed by atoms with van der Waals surface area (Å²) >= 11 is 0. The van der Waals surface area contributed by atoms with Crippen LogP contribution in [-0.4, -0.2) is 35.2 Å². The number of hydrogen-bond donors (Lipinski definition) is 2. The van der Waals surface area contributed by atoms with Gasteiger partial charge >= 0.3 is 0 Å². The molecule has 0 saturated heterocycles. The van der Waals surface area contributed by atoms with Crippen LogP contribution in [0.15, 0.2) is 10.9 Å². The van der Waals surface area contributed by atoms with E-state index in [1.807, 2.05) is 6.92 Å². The van der Waals surface area contributed by atoms with Crippen LogP contribution in [0.5, 0.6) is 0 Å². The molecule has 1 aromatic rings. The Hall–Kier alpha value is -1.43. The molecular formula is C11H20N4O2. The molecule has 17 heavy (non-hydrogen) atoms. The number of nitrogens with one attached hydrogen (secondary N) is 2. The van der Waals surface area contributed by atoms with E-state index in [9.17, 15) is 4.79 Å². The van der Waals surface area contributed by atoms with E-state index in [2.05, 4.69) is 39.1 Å². The number of nitrogens with zero attached hydrogens (tertiary/aromatic N) is 2. The summed E-state index contributed by atoms with van der Waals surface area (Å²) < 4.78 is 4.62. The second-order valence-electron chi connectivity index (χ2n) is 4.41. The maximum Gasteiger partial charge on any atom is 0.236 e. The zero-order valence-electron chi connectivity index (χ0n) is 10.6. The van der Waals surface area contributed by atoms with Crippen molar-refractivity contribution in [1.29, 1.82) is 0 Å². The smallest absolute Gasteiger partial charge is 0.236 e. The molecule has 96 valence electrons. The molecule has 0 aromatic carbocycles. The summed E-state index contributed by atoms with van der Waals surface area (Å²) in [5.74, 6) is 1.13. The first-order valence-corrected chi connectivity index (χ1v) is 5.86. The first-order chi connectivity index (χ1) is 8.09. The molecular weight excluding hydrogens is 220 g/mol. The van der Waals surface area contributed by atoms with Crippen LogP contribution >= 0.6 is 0 Å². The Kier molecular flexibility index (Phi) is 5.62. The number of carbonyl (C=O) groups is 1. The fourth-order valence-corrected chi connectivity index (χ4v) is 1.25. The van der Waals surface area contributed by atoms with Crippen molar-refractivity contribution in [2.45, 2.75) is 33.2 Å². The Morgan fingerprint density at radius 1 is 1.47 bits per heavy atom. The quantitative estimate of drug-likeness (QED) is 0.719. The highest BCUT2D eigenvalue weighted by Gasteiger charge is 2.11. The van der Waals surface area contributed by atoms with Crippen molar-refractivity contribution in [2.24, 2.45) is 5.92 Å². The van der Waals surface area contributed by atoms with Crippen LogP contribution in [0.1, 0.15) is 26.6 Å². The van der Waals surface area contributed by atoms with Crippen LogP contribution in [0, 0.1) is 5.92 Å². The lowest BCUT2D eigenvalue weighted by molar-refractivity contribution is -0.122. The zero-order valence-corrected chi connectivity index (χ0v) is 10.6. The molecule has 0 fully saturated rings. The van der Waals surface area contributed by atoms with Gasteiger partial charge in [0.1, 0.15) is 0 Å². The van der Waals surface area contributed by atoms with Gasteiger partial charge in [-0.05, 0) is 12.8 Å². The fraction of sp³-hybridized carbons (Fsp3) is 0.727. The van der Waals surface area contributed by atoms with Crippen LogP contribution in [0.3, 0.4) is 0 Å². The van der Waals surface area contributed by atoms with E-state index in [0.717, 1.165) is 0 Å². The first kappa shape index (κ1) is 13.6. The van der Waals surface area contributed by atoms with Gasteiger partial charge in [0.2, 0.25) is 12.3 Å². The van der Waals surface area contributed by atoms with E-state index < -0.39 is 0 Å². The van der Waals surface area contributed by atoms with Crippen molar-refractivity contribution in [3.8, 4) is 0 Å². The molecule has 1 amide bonds. The second-order valence-corrected chi connectivity index (χ2v) is 4.41. The third kappa shape index (κ3) is 5.44. The highest BCUT2D eigenvalue weighted by molar-refractivity contribution is 5.81. The minimum Gasteiger partial charge on any atom is -0.354 e. The van der Waals surface area contributed by atoms with Crippen LogP contribution in [0.25, 0.3) is 0 Å². The Morgan fingerprint density at radius 3 is 2.82 bits per heavy atom. The maximum absolute atomic E-state index is 11.6. The van der Waals surface area contributed by atoms with Crippen molar-refractivity contribution in [2.75, 3.05) is 13.1 Å². The fourth-order valence-electron chi connectivity index (χ4n) is 1.25. The molecule has 0 aliphatic heterocycles. The third-order valence-electron chi connectivity index (χ3n) is 2.28. The maximum atomic E-state index is 11.6. The van der Waals surface area contributed by atoms with E-state index >= 15 is 0 Å². The first-order valence-electron chi connectivity index (χ1n) is 5.86. The minimum absolute atomic E-state index is 0.0202. The van der Waals surface area contributed by atoms with E-state index in [1.165, 1.54) is 6.39 Å². The topological polar surface area (TPSA) is 80.0 Å². The Labute approximate surface area is 101 Å². The number of amides is 1. The Bertz CT molecular complexity index is 324. The van der Waals surface area contributed by atoms with Gasteiger partial charge < -0.3 is 15.2 Å². The lowest BCUT2D eigenvalue weighted by atomic mass is 10.2. The summed E-state index contributed by atoms with van der Waals surface area (Å²) in [5.41, 5.74) is 0. The lowest BCUT2D eigenvalue weighted by Gasteiger charge is -2.14. The Balaban J connectivity index is 2.15. The molecule has 0 aliphatic rings. The second kappa shape index (κ2) is 7.01.